The number of amides is 3. The Balaban J connectivity index is 1.88. The number of pyridine rings is 2. The highest BCUT2D eigenvalue weighted by atomic mass is 16.2. The maximum atomic E-state index is 12.8. The summed E-state index contributed by atoms with van der Waals surface area (Å²) in [5.74, 6) is -0.0194. The van der Waals surface area contributed by atoms with Gasteiger partial charge in [0, 0.05) is 30.2 Å². The molecule has 2 aromatic heterocycles. The van der Waals surface area contributed by atoms with Gasteiger partial charge in [-0.25, -0.2) is 9.78 Å². The van der Waals surface area contributed by atoms with Crippen molar-refractivity contribution >= 4 is 34.8 Å². The molecular weight excluding hydrogens is 368 g/mol. The van der Waals surface area contributed by atoms with Gasteiger partial charge in [-0.3, -0.25) is 15.1 Å². The van der Waals surface area contributed by atoms with E-state index in [4.69, 9.17) is 0 Å². The van der Waals surface area contributed by atoms with E-state index in [0.29, 0.717) is 29.3 Å². The molecular formula is C21H22N6O2. The van der Waals surface area contributed by atoms with Crippen LogP contribution in [-0.2, 0) is 0 Å². The number of anilines is 4. The van der Waals surface area contributed by atoms with Crippen LogP contribution in [0.3, 0.4) is 0 Å². The number of nitrogens with zero attached hydrogens (tertiary/aromatic N) is 2. The molecule has 0 saturated carbocycles. The smallest absolute Gasteiger partial charge is 0.320 e. The molecule has 0 unspecified atom stereocenters. The number of aromatic nitrogens is 2. The van der Waals surface area contributed by atoms with Gasteiger partial charge in [-0.2, -0.15) is 0 Å². The lowest BCUT2D eigenvalue weighted by Gasteiger charge is -2.14. The van der Waals surface area contributed by atoms with E-state index in [0.717, 1.165) is 11.4 Å². The number of carbonyl (C=O) groups is 2. The number of nitrogens with one attached hydrogen (secondary N) is 4. The first-order valence-corrected chi connectivity index (χ1v) is 9.16. The second-order valence-electron chi connectivity index (χ2n) is 6.23. The van der Waals surface area contributed by atoms with E-state index < -0.39 is 0 Å². The Labute approximate surface area is 168 Å². The summed E-state index contributed by atoms with van der Waals surface area (Å²) in [5, 5.41) is 11.3. The molecule has 0 bridgehead atoms. The van der Waals surface area contributed by atoms with Crippen molar-refractivity contribution in [3.8, 4) is 0 Å². The highest BCUT2D eigenvalue weighted by Gasteiger charge is 2.15. The fraction of sp³-hybridized carbons (Fsp3) is 0.143. The summed E-state index contributed by atoms with van der Waals surface area (Å²) >= 11 is 0. The predicted octanol–water partition coefficient (Wildman–Crippen LogP) is 3.92. The van der Waals surface area contributed by atoms with Crippen molar-refractivity contribution in [1.82, 2.24) is 15.3 Å². The van der Waals surface area contributed by atoms with Crippen LogP contribution in [0.5, 0.6) is 0 Å². The minimum absolute atomic E-state index is 0.322. The molecule has 0 fully saturated rings. The summed E-state index contributed by atoms with van der Waals surface area (Å²) in [6, 6.07) is 14.3. The van der Waals surface area contributed by atoms with Gasteiger partial charge in [-0.1, -0.05) is 18.2 Å². The number of rotatable bonds is 6. The average molecular weight is 390 g/mol. The zero-order chi connectivity index (χ0) is 20.6. The Bertz CT molecular complexity index is 990. The average Bonchev–Trinajstić information content (AvgIpc) is 2.71. The fourth-order valence-corrected chi connectivity index (χ4v) is 2.55. The highest BCUT2D eigenvalue weighted by molar-refractivity contribution is 6.08. The third-order valence-corrected chi connectivity index (χ3v) is 3.95. The third-order valence-electron chi connectivity index (χ3n) is 3.95. The molecule has 0 spiro atoms. The lowest BCUT2D eigenvalue weighted by molar-refractivity contribution is 0.102. The minimum Gasteiger partial charge on any atom is -0.355 e. The van der Waals surface area contributed by atoms with Gasteiger partial charge in [0.1, 0.15) is 5.82 Å². The standard InChI is InChI=1S/C21H22N6O2/c1-3-22-21(29)27-19-11-18(25-15-7-5-4-6-8-15)17(13-24-19)20(28)26-16-10-9-14(2)23-12-16/h4-13H,3H2,1-2H3,(H,26,28)(H3,22,24,25,27,29). The van der Waals surface area contributed by atoms with Crippen molar-refractivity contribution < 1.29 is 9.59 Å². The number of benzene rings is 1. The van der Waals surface area contributed by atoms with Gasteiger partial charge in [-0.05, 0) is 38.1 Å². The van der Waals surface area contributed by atoms with E-state index in [1.165, 1.54) is 6.20 Å². The molecule has 4 N–H and O–H groups in total. The Morgan fingerprint density at radius 2 is 1.72 bits per heavy atom. The van der Waals surface area contributed by atoms with Crippen molar-refractivity contribution in [3.05, 3.63) is 72.2 Å². The Kier molecular flexibility index (Phi) is 6.36. The molecule has 0 aliphatic heterocycles. The van der Waals surface area contributed by atoms with Crippen LogP contribution in [0.2, 0.25) is 0 Å². The van der Waals surface area contributed by atoms with Crippen molar-refractivity contribution in [3.63, 3.8) is 0 Å². The molecule has 0 aliphatic carbocycles. The molecule has 8 heteroatoms. The molecule has 0 radical (unpaired) electrons. The van der Waals surface area contributed by atoms with E-state index in [1.54, 1.807) is 18.3 Å². The van der Waals surface area contributed by atoms with E-state index in [1.807, 2.05) is 50.2 Å². The van der Waals surface area contributed by atoms with Gasteiger partial charge in [0.05, 0.1) is 23.1 Å². The maximum Gasteiger partial charge on any atom is 0.320 e. The SMILES string of the molecule is CCNC(=O)Nc1cc(Nc2ccccc2)c(C(=O)Nc2ccc(C)nc2)cn1. The van der Waals surface area contributed by atoms with Crippen LogP contribution in [0.1, 0.15) is 23.0 Å². The van der Waals surface area contributed by atoms with Crippen molar-refractivity contribution in [2.75, 3.05) is 22.5 Å². The molecule has 0 aliphatic rings. The van der Waals surface area contributed by atoms with Crippen LogP contribution in [0.15, 0.2) is 60.9 Å². The Morgan fingerprint density at radius 3 is 2.41 bits per heavy atom. The van der Waals surface area contributed by atoms with Gasteiger partial charge in [0.2, 0.25) is 0 Å². The molecule has 3 rings (SSSR count). The van der Waals surface area contributed by atoms with E-state index in [-0.39, 0.29) is 11.9 Å². The second-order valence-corrected chi connectivity index (χ2v) is 6.23. The molecule has 148 valence electrons. The van der Waals surface area contributed by atoms with Crippen molar-refractivity contribution in [2.24, 2.45) is 0 Å². The van der Waals surface area contributed by atoms with Gasteiger partial charge in [-0.15, -0.1) is 0 Å². The lowest BCUT2D eigenvalue weighted by Crippen LogP contribution is -2.28. The van der Waals surface area contributed by atoms with Gasteiger partial charge in [0.25, 0.3) is 5.91 Å². The second kappa shape index (κ2) is 9.32. The predicted molar refractivity (Wildman–Crippen MR) is 114 cm³/mol. The largest absolute Gasteiger partial charge is 0.355 e. The molecule has 2 heterocycles. The van der Waals surface area contributed by atoms with Crippen LogP contribution in [0.25, 0.3) is 0 Å². The van der Waals surface area contributed by atoms with Crippen LogP contribution in [-0.4, -0.2) is 28.5 Å². The normalized spacial score (nSPS) is 10.1. The van der Waals surface area contributed by atoms with Crippen molar-refractivity contribution in [1.29, 1.82) is 0 Å². The van der Waals surface area contributed by atoms with Crippen molar-refractivity contribution in [2.45, 2.75) is 13.8 Å². The molecule has 29 heavy (non-hydrogen) atoms. The number of para-hydroxylation sites is 1. The first kappa shape index (κ1) is 19.8. The van der Waals surface area contributed by atoms with E-state index in [2.05, 4.69) is 31.2 Å². The third kappa shape index (κ3) is 5.52. The summed E-state index contributed by atoms with van der Waals surface area (Å²) in [5.41, 5.74) is 3.08. The quantitative estimate of drug-likeness (QED) is 0.510. The molecule has 0 atom stereocenters. The number of urea groups is 1. The van der Waals surface area contributed by atoms with Crippen LogP contribution >= 0.6 is 0 Å². The molecule has 3 amide bonds. The molecule has 8 nitrogen and oxygen atoms in total. The van der Waals surface area contributed by atoms with Gasteiger partial charge in [0.15, 0.2) is 0 Å². The molecule has 0 saturated heterocycles. The zero-order valence-corrected chi connectivity index (χ0v) is 16.2. The topological polar surface area (TPSA) is 108 Å². The summed E-state index contributed by atoms with van der Waals surface area (Å²) in [6.07, 6.45) is 3.01. The first-order chi connectivity index (χ1) is 14.0. The van der Waals surface area contributed by atoms with E-state index >= 15 is 0 Å². The molecule has 3 aromatic rings. The van der Waals surface area contributed by atoms with Gasteiger partial charge >= 0.3 is 6.03 Å². The number of hydrogen-bond donors (Lipinski definition) is 4. The summed E-state index contributed by atoms with van der Waals surface area (Å²) in [6.45, 7) is 4.19. The number of aryl methyl sites for hydroxylation is 1. The van der Waals surface area contributed by atoms with Crippen LogP contribution < -0.4 is 21.3 Å². The number of hydrogen-bond acceptors (Lipinski definition) is 5. The number of carbonyl (C=O) groups excluding carboxylic acids is 2. The molecule has 1 aromatic carbocycles. The van der Waals surface area contributed by atoms with Crippen LogP contribution in [0.4, 0.5) is 27.7 Å². The Morgan fingerprint density at radius 1 is 0.931 bits per heavy atom. The Hall–Kier alpha value is -3.94. The van der Waals surface area contributed by atoms with E-state index in [9.17, 15) is 9.59 Å². The summed E-state index contributed by atoms with van der Waals surface area (Å²) in [7, 11) is 0. The van der Waals surface area contributed by atoms with Gasteiger partial charge < -0.3 is 16.0 Å². The fourth-order valence-electron chi connectivity index (χ4n) is 2.55. The minimum atomic E-state index is -0.367. The monoisotopic (exact) mass is 390 g/mol. The maximum absolute atomic E-state index is 12.8. The summed E-state index contributed by atoms with van der Waals surface area (Å²) < 4.78 is 0. The first-order valence-electron chi connectivity index (χ1n) is 9.16. The zero-order valence-electron chi connectivity index (χ0n) is 16.2. The highest BCUT2D eigenvalue weighted by Crippen LogP contribution is 2.24. The van der Waals surface area contributed by atoms with Crippen LogP contribution in [0, 0.1) is 6.92 Å². The lowest BCUT2D eigenvalue weighted by atomic mass is 10.2. The summed E-state index contributed by atoms with van der Waals surface area (Å²) in [4.78, 5) is 33.0.